The minimum Gasteiger partial charge on any atom is -0.467 e. The average molecular weight is 442 g/mol. The van der Waals surface area contributed by atoms with Crippen molar-refractivity contribution in [1.29, 1.82) is 0 Å². The molecule has 2 rings (SSSR count). The molecule has 0 fully saturated rings. The lowest BCUT2D eigenvalue weighted by molar-refractivity contribution is -0.376. The number of anilines is 1. The highest BCUT2D eigenvalue weighted by atomic mass is 35.5. The van der Waals surface area contributed by atoms with E-state index in [0.717, 1.165) is 19.2 Å². The molecule has 0 aliphatic carbocycles. The van der Waals surface area contributed by atoms with Crippen molar-refractivity contribution in [3.8, 4) is 0 Å². The first-order valence-corrected chi connectivity index (χ1v) is 8.25. The summed E-state index contributed by atoms with van der Waals surface area (Å²) >= 11 is 5.78. The van der Waals surface area contributed by atoms with Crippen LogP contribution in [0.4, 0.5) is 32.0 Å². The number of carbonyl (C=O) groups excluding carboxylic acids is 1. The number of aliphatic hydroxyl groups is 1. The number of carbonyl (C=O) groups is 1. The molecule has 1 atom stereocenters. The quantitative estimate of drug-likeness (QED) is 0.507. The Bertz CT molecular complexity index is 836. The lowest BCUT2D eigenvalue weighted by Gasteiger charge is -2.32. The van der Waals surface area contributed by atoms with Gasteiger partial charge in [0.25, 0.3) is 5.60 Å². The molecule has 2 aromatic rings. The van der Waals surface area contributed by atoms with E-state index in [1.54, 1.807) is 0 Å². The van der Waals surface area contributed by atoms with Crippen LogP contribution in [0.25, 0.3) is 0 Å². The number of rotatable bonds is 5. The molecule has 2 aromatic carbocycles. The van der Waals surface area contributed by atoms with E-state index < -0.39 is 35.5 Å². The molecule has 0 amide bonds. The maximum atomic E-state index is 12.9. The summed E-state index contributed by atoms with van der Waals surface area (Å²) in [4.78, 5) is 12.0. The summed E-state index contributed by atoms with van der Waals surface area (Å²) in [6.45, 7) is 0. The van der Waals surface area contributed by atoms with Gasteiger partial charge in [-0.1, -0.05) is 35.9 Å². The number of hydrogen-bond donors (Lipinski definition) is 2. The maximum Gasteiger partial charge on any atom is 0.430 e. The largest absolute Gasteiger partial charge is 0.467 e. The summed E-state index contributed by atoms with van der Waals surface area (Å²) in [5, 5.41) is 12.5. The molecular weight excluding hydrogens is 428 g/mol. The number of esters is 1. The van der Waals surface area contributed by atoms with Gasteiger partial charge < -0.3 is 15.2 Å². The van der Waals surface area contributed by atoms with Gasteiger partial charge >= 0.3 is 18.3 Å². The fourth-order valence-electron chi connectivity index (χ4n) is 2.51. The molecule has 0 spiro atoms. The van der Waals surface area contributed by atoms with E-state index in [1.807, 2.05) is 0 Å². The van der Waals surface area contributed by atoms with Gasteiger partial charge in [-0.25, -0.2) is 4.79 Å². The summed E-state index contributed by atoms with van der Waals surface area (Å²) in [5.41, 5.74) is -6.03. The molecule has 4 nitrogen and oxygen atoms in total. The van der Waals surface area contributed by atoms with Crippen LogP contribution in [0, 0.1) is 0 Å². The second kappa shape index (κ2) is 8.11. The van der Waals surface area contributed by atoms with Crippen molar-refractivity contribution in [3.63, 3.8) is 0 Å². The SMILES string of the molecule is COC(=O)C(Nc1ccc(C(O)(C(F)(F)F)C(F)(F)F)cc1)c1ccc(Cl)cc1. The molecule has 0 saturated heterocycles. The highest BCUT2D eigenvalue weighted by Crippen LogP contribution is 2.50. The van der Waals surface area contributed by atoms with Crippen LogP contribution < -0.4 is 5.32 Å². The second-order valence-corrected chi connectivity index (χ2v) is 6.37. The van der Waals surface area contributed by atoms with Crippen molar-refractivity contribution in [1.82, 2.24) is 0 Å². The normalized spacial score (nSPS) is 13.7. The molecule has 0 aliphatic heterocycles. The highest BCUT2D eigenvalue weighted by molar-refractivity contribution is 6.30. The zero-order valence-corrected chi connectivity index (χ0v) is 15.4. The number of benzene rings is 2. The summed E-state index contributed by atoms with van der Waals surface area (Å²) in [6, 6.07) is 7.57. The molecule has 0 aliphatic rings. The van der Waals surface area contributed by atoms with Gasteiger partial charge in [0, 0.05) is 16.3 Å². The third-order valence-corrected chi connectivity index (χ3v) is 4.33. The summed E-state index contributed by atoms with van der Waals surface area (Å²) in [5.74, 6) is -0.751. The molecule has 29 heavy (non-hydrogen) atoms. The van der Waals surface area contributed by atoms with E-state index in [0.29, 0.717) is 22.7 Å². The Kier molecular flexibility index (Phi) is 6.39. The molecule has 0 heterocycles. The molecular formula is C18H14ClF6NO3. The van der Waals surface area contributed by atoms with Gasteiger partial charge in [-0.05, 0) is 29.8 Å². The van der Waals surface area contributed by atoms with Crippen molar-refractivity contribution in [2.24, 2.45) is 0 Å². The predicted octanol–water partition coefficient (Wildman–Crippen LogP) is 4.98. The van der Waals surface area contributed by atoms with Crippen LogP contribution >= 0.6 is 11.6 Å². The Hall–Kier alpha value is -2.46. The minimum atomic E-state index is -5.99. The number of methoxy groups -OCH3 is 1. The van der Waals surface area contributed by atoms with Crippen molar-refractivity contribution in [2.45, 2.75) is 24.0 Å². The zero-order valence-electron chi connectivity index (χ0n) is 14.6. The van der Waals surface area contributed by atoms with Crippen LogP contribution in [-0.4, -0.2) is 30.5 Å². The molecule has 1 unspecified atom stereocenters. The van der Waals surface area contributed by atoms with Crippen molar-refractivity contribution in [2.75, 3.05) is 12.4 Å². The summed E-state index contributed by atoms with van der Waals surface area (Å²) < 4.78 is 82.3. The van der Waals surface area contributed by atoms with Crippen LogP contribution in [0.3, 0.4) is 0 Å². The maximum absolute atomic E-state index is 12.9. The van der Waals surface area contributed by atoms with Gasteiger partial charge in [-0.15, -0.1) is 0 Å². The summed E-state index contributed by atoms with van der Waals surface area (Å²) in [6.07, 6.45) is -12.0. The van der Waals surface area contributed by atoms with E-state index in [-0.39, 0.29) is 5.69 Å². The minimum absolute atomic E-state index is 0.0193. The number of nitrogens with one attached hydrogen (secondary N) is 1. The molecule has 158 valence electrons. The monoisotopic (exact) mass is 441 g/mol. The number of alkyl halides is 6. The first-order chi connectivity index (χ1) is 13.3. The predicted molar refractivity (Wildman–Crippen MR) is 92.3 cm³/mol. The zero-order chi connectivity index (χ0) is 22.0. The fourth-order valence-corrected chi connectivity index (χ4v) is 2.64. The molecule has 0 radical (unpaired) electrons. The first kappa shape index (κ1) is 22.8. The number of ether oxygens (including phenoxy) is 1. The highest BCUT2D eigenvalue weighted by Gasteiger charge is 2.71. The standard InChI is InChI=1S/C18H14ClF6NO3/c1-29-15(27)14(10-2-6-12(19)7-3-10)26-13-8-4-11(5-9-13)16(28,17(20,21)22)18(23,24)25/h2-9,14,26,28H,1H3. The molecule has 2 N–H and O–H groups in total. The van der Waals surface area contributed by atoms with Crippen LogP contribution in [0.2, 0.25) is 5.02 Å². The molecule has 0 bridgehead atoms. The van der Waals surface area contributed by atoms with E-state index in [1.165, 1.54) is 24.3 Å². The van der Waals surface area contributed by atoms with Crippen LogP contribution in [0.5, 0.6) is 0 Å². The van der Waals surface area contributed by atoms with Gasteiger partial charge in [0.05, 0.1) is 7.11 Å². The van der Waals surface area contributed by atoms with Gasteiger partial charge in [0.1, 0.15) is 0 Å². The number of hydrogen-bond acceptors (Lipinski definition) is 4. The van der Waals surface area contributed by atoms with Gasteiger partial charge in [0.2, 0.25) is 0 Å². The Morgan fingerprint density at radius 1 is 0.966 bits per heavy atom. The van der Waals surface area contributed by atoms with Crippen molar-refractivity contribution >= 4 is 23.3 Å². The van der Waals surface area contributed by atoms with E-state index >= 15 is 0 Å². The second-order valence-electron chi connectivity index (χ2n) is 5.94. The molecule has 0 aromatic heterocycles. The third-order valence-electron chi connectivity index (χ3n) is 4.07. The third kappa shape index (κ3) is 4.59. The lowest BCUT2D eigenvalue weighted by atomic mass is 9.92. The molecule has 0 saturated carbocycles. The van der Waals surface area contributed by atoms with Crippen LogP contribution in [-0.2, 0) is 15.1 Å². The first-order valence-electron chi connectivity index (χ1n) is 7.87. The lowest BCUT2D eigenvalue weighted by Crippen LogP contribution is -2.53. The van der Waals surface area contributed by atoms with Gasteiger partial charge in [-0.2, -0.15) is 26.3 Å². The summed E-state index contributed by atoms with van der Waals surface area (Å²) in [7, 11) is 1.11. The van der Waals surface area contributed by atoms with E-state index in [4.69, 9.17) is 11.6 Å². The number of halogens is 7. The topological polar surface area (TPSA) is 58.6 Å². The van der Waals surface area contributed by atoms with Crippen molar-refractivity contribution < 1.29 is 41.0 Å². The Balaban J connectivity index is 2.37. The molecule has 11 heteroatoms. The van der Waals surface area contributed by atoms with E-state index in [2.05, 4.69) is 10.1 Å². The van der Waals surface area contributed by atoms with E-state index in [9.17, 15) is 36.2 Å². The average Bonchev–Trinajstić information content (AvgIpc) is 2.64. The van der Waals surface area contributed by atoms with Crippen molar-refractivity contribution in [3.05, 3.63) is 64.7 Å². The Labute approximate surface area is 166 Å². The fraction of sp³-hybridized carbons (Fsp3) is 0.278. The van der Waals surface area contributed by atoms with Gasteiger partial charge in [0.15, 0.2) is 6.04 Å². The van der Waals surface area contributed by atoms with Gasteiger partial charge in [-0.3, -0.25) is 0 Å². The Morgan fingerprint density at radius 3 is 1.86 bits per heavy atom. The smallest absolute Gasteiger partial charge is 0.430 e. The van der Waals surface area contributed by atoms with Crippen LogP contribution in [0.1, 0.15) is 17.2 Å². The van der Waals surface area contributed by atoms with Crippen LogP contribution in [0.15, 0.2) is 48.5 Å². The Morgan fingerprint density at radius 2 is 1.45 bits per heavy atom.